The molecule has 0 aromatic carbocycles. The SMILES string of the molecule is Cc1noc(C)c1-c1ccc(OC(=O)N[C@H]2CN3CCC2CC3)s1. The molecule has 7 heteroatoms. The molecule has 0 saturated carbocycles. The standard InChI is InChI=1S/C17H21N3O3S/c1-10-16(11(2)23-19-10)14-3-4-15(24-14)22-17(21)18-13-9-20-7-5-12(13)6-8-20/h3-4,12-13H,5-9H2,1-2H3,(H,18,21)/t13-/m0/s1. The fourth-order valence-corrected chi connectivity index (χ4v) is 4.74. The van der Waals surface area contributed by atoms with Gasteiger partial charge in [-0.15, -0.1) is 0 Å². The third-order valence-corrected chi connectivity index (χ3v) is 5.99. The highest BCUT2D eigenvalue weighted by atomic mass is 32.1. The third-order valence-electron chi connectivity index (χ3n) is 5.01. The minimum absolute atomic E-state index is 0.210. The molecule has 2 bridgehead atoms. The molecule has 3 fully saturated rings. The van der Waals surface area contributed by atoms with Crippen LogP contribution in [-0.2, 0) is 0 Å². The number of amides is 1. The maximum absolute atomic E-state index is 12.2. The molecule has 2 aromatic heterocycles. The van der Waals surface area contributed by atoms with Crippen LogP contribution in [0.5, 0.6) is 5.06 Å². The predicted octanol–water partition coefficient (Wildman–Crippen LogP) is 3.20. The van der Waals surface area contributed by atoms with Crippen LogP contribution in [0.4, 0.5) is 4.79 Å². The van der Waals surface area contributed by atoms with Crippen LogP contribution >= 0.6 is 11.3 Å². The van der Waals surface area contributed by atoms with Gasteiger partial charge in [-0.2, -0.15) is 0 Å². The minimum atomic E-state index is -0.360. The molecule has 3 saturated heterocycles. The quantitative estimate of drug-likeness (QED) is 0.923. The highest BCUT2D eigenvalue weighted by molar-refractivity contribution is 7.17. The van der Waals surface area contributed by atoms with E-state index in [0.29, 0.717) is 11.0 Å². The van der Waals surface area contributed by atoms with Crippen LogP contribution in [-0.4, -0.2) is 41.8 Å². The summed E-state index contributed by atoms with van der Waals surface area (Å²) in [6.07, 6.45) is 1.97. The van der Waals surface area contributed by atoms with Crippen molar-refractivity contribution in [2.45, 2.75) is 32.7 Å². The maximum Gasteiger partial charge on any atom is 0.413 e. The van der Waals surface area contributed by atoms with Crippen LogP contribution in [0.15, 0.2) is 16.7 Å². The lowest BCUT2D eigenvalue weighted by Gasteiger charge is -2.44. The van der Waals surface area contributed by atoms with Crippen LogP contribution in [0.1, 0.15) is 24.3 Å². The molecule has 6 nitrogen and oxygen atoms in total. The fraction of sp³-hybridized carbons (Fsp3) is 0.529. The van der Waals surface area contributed by atoms with E-state index in [1.807, 2.05) is 26.0 Å². The normalized spacial score (nSPS) is 25.7. The van der Waals surface area contributed by atoms with Gasteiger partial charge in [0.05, 0.1) is 11.3 Å². The monoisotopic (exact) mass is 347 g/mol. The number of rotatable bonds is 3. The Morgan fingerprint density at radius 2 is 2.17 bits per heavy atom. The van der Waals surface area contributed by atoms with E-state index in [4.69, 9.17) is 9.26 Å². The maximum atomic E-state index is 12.2. The van der Waals surface area contributed by atoms with Crippen LogP contribution in [0, 0.1) is 19.8 Å². The molecule has 0 aliphatic carbocycles. The van der Waals surface area contributed by atoms with Crippen molar-refractivity contribution < 1.29 is 14.1 Å². The molecule has 5 rings (SSSR count). The number of hydrogen-bond acceptors (Lipinski definition) is 6. The molecule has 1 atom stereocenters. The van der Waals surface area contributed by atoms with E-state index in [2.05, 4.69) is 15.4 Å². The predicted molar refractivity (Wildman–Crippen MR) is 91.4 cm³/mol. The lowest BCUT2D eigenvalue weighted by atomic mass is 9.84. The molecule has 5 heterocycles. The van der Waals surface area contributed by atoms with Gasteiger partial charge in [-0.05, 0) is 57.8 Å². The van der Waals surface area contributed by atoms with Gasteiger partial charge in [-0.1, -0.05) is 16.5 Å². The first-order chi connectivity index (χ1) is 11.6. The number of thiophene rings is 1. The number of piperidine rings is 3. The second-order valence-corrected chi connectivity index (χ2v) is 7.64. The van der Waals surface area contributed by atoms with E-state index in [1.54, 1.807) is 0 Å². The Morgan fingerprint density at radius 1 is 1.38 bits per heavy atom. The van der Waals surface area contributed by atoms with Crippen molar-refractivity contribution in [3.05, 3.63) is 23.6 Å². The van der Waals surface area contributed by atoms with Gasteiger partial charge in [-0.3, -0.25) is 0 Å². The van der Waals surface area contributed by atoms with E-state index in [-0.39, 0.29) is 12.1 Å². The molecule has 24 heavy (non-hydrogen) atoms. The number of carbonyl (C=O) groups excluding carboxylic acids is 1. The number of fused-ring (bicyclic) bond motifs is 3. The number of nitrogens with zero attached hydrogens (tertiary/aromatic N) is 2. The molecule has 0 unspecified atom stereocenters. The van der Waals surface area contributed by atoms with E-state index < -0.39 is 0 Å². The summed E-state index contributed by atoms with van der Waals surface area (Å²) in [5.41, 5.74) is 1.82. The highest BCUT2D eigenvalue weighted by Gasteiger charge is 2.35. The van der Waals surface area contributed by atoms with Crippen LogP contribution < -0.4 is 10.1 Å². The van der Waals surface area contributed by atoms with Crippen LogP contribution in [0.25, 0.3) is 10.4 Å². The second-order valence-electron chi connectivity index (χ2n) is 6.60. The zero-order valence-corrected chi connectivity index (χ0v) is 14.7. The summed E-state index contributed by atoms with van der Waals surface area (Å²) >= 11 is 1.43. The van der Waals surface area contributed by atoms with Gasteiger partial charge in [0.25, 0.3) is 0 Å². The van der Waals surface area contributed by atoms with E-state index in [1.165, 1.54) is 24.2 Å². The van der Waals surface area contributed by atoms with Crippen LogP contribution in [0.2, 0.25) is 0 Å². The van der Waals surface area contributed by atoms with E-state index in [0.717, 1.165) is 41.5 Å². The Bertz CT molecular complexity index is 727. The number of nitrogens with one attached hydrogen (secondary N) is 1. The summed E-state index contributed by atoms with van der Waals surface area (Å²) in [6.45, 7) is 7.05. The first kappa shape index (κ1) is 15.7. The molecule has 3 aliphatic rings. The van der Waals surface area contributed by atoms with Gasteiger partial charge in [0, 0.05) is 17.5 Å². The topological polar surface area (TPSA) is 67.6 Å². The average molecular weight is 347 g/mol. The average Bonchev–Trinajstić information content (AvgIpc) is 3.15. The Balaban J connectivity index is 1.40. The number of hydrogen-bond donors (Lipinski definition) is 1. The molecular weight excluding hydrogens is 326 g/mol. The molecule has 1 amide bonds. The summed E-state index contributed by atoms with van der Waals surface area (Å²) in [4.78, 5) is 15.6. The Hall–Kier alpha value is -1.86. The Kier molecular flexibility index (Phi) is 4.05. The van der Waals surface area contributed by atoms with Crippen molar-refractivity contribution in [1.29, 1.82) is 0 Å². The summed E-state index contributed by atoms with van der Waals surface area (Å²) in [5, 5.41) is 7.59. The second kappa shape index (κ2) is 6.22. The molecule has 1 N–H and O–H groups in total. The lowest BCUT2D eigenvalue weighted by Crippen LogP contribution is -2.57. The molecule has 3 aliphatic heterocycles. The lowest BCUT2D eigenvalue weighted by molar-refractivity contribution is 0.0726. The minimum Gasteiger partial charge on any atom is -0.399 e. The van der Waals surface area contributed by atoms with E-state index in [9.17, 15) is 4.79 Å². The number of ether oxygens (including phenoxy) is 1. The third kappa shape index (κ3) is 2.93. The van der Waals surface area contributed by atoms with Crippen molar-refractivity contribution in [3.8, 4) is 15.5 Å². The number of aromatic nitrogens is 1. The van der Waals surface area contributed by atoms with Gasteiger partial charge in [0.2, 0.25) is 0 Å². The summed E-state index contributed by atoms with van der Waals surface area (Å²) < 4.78 is 10.7. The molecule has 2 aromatic rings. The van der Waals surface area contributed by atoms with Crippen molar-refractivity contribution >= 4 is 17.4 Å². The number of carbonyl (C=O) groups is 1. The van der Waals surface area contributed by atoms with Gasteiger partial charge >= 0.3 is 6.09 Å². The van der Waals surface area contributed by atoms with Crippen molar-refractivity contribution in [2.75, 3.05) is 19.6 Å². The summed E-state index contributed by atoms with van der Waals surface area (Å²) in [7, 11) is 0. The fourth-order valence-electron chi connectivity index (χ4n) is 3.74. The van der Waals surface area contributed by atoms with E-state index >= 15 is 0 Å². The first-order valence-electron chi connectivity index (χ1n) is 8.34. The van der Waals surface area contributed by atoms with Gasteiger partial charge in [0.1, 0.15) is 5.76 Å². The van der Waals surface area contributed by atoms with Gasteiger partial charge in [0.15, 0.2) is 5.06 Å². The van der Waals surface area contributed by atoms with Crippen LogP contribution in [0.3, 0.4) is 0 Å². The smallest absolute Gasteiger partial charge is 0.399 e. The molecular formula is C17H21N3O3S. The van der Waals surface area contributed by atoms with Crippen molar-refractivity contribution in [2.24, 2.45) is 5.92 Å². The Labute approximate surface area is 144 Å². The largest absolute Gasteiger partial charge is 0.413 e. The summed E-state index contributed by atoms with van der Waals surface area (Å²) in [6, 6.07) is 3.97. The Morgan fingerprint density at radius 3 is 2.79 bits per heavy atom. The van der Waals surface area contributed by atoms with Gasteiger partial charge in [-0.25, -0.2) is 4.79 Å². The summed E-state index contributed by atoms with van der Waals surface area (Å²) in [5.74, 6) is 1.36. The van der Waals surface area contributed by atoms with Gasteiger partial charge < -0.3 is 19.5 Å². The molecule has 0 spiro atoms. The molecule has 0 radical (unpaired) electrons. The van der Waals surface area contributed by atoms with Crippen molar-refractivity contribution in [1.82, 2.24) is 15.4 Å². The zero-order valence-electron chi connectivity index (χ0n) is 13.9. The first-order valence-corrected chi connectivity index (χ1v) is 9.15. The molecule has 128 valence electrons. The zero-order chi connectivity index (χ0) is 16.7. The number of aryl methyl sites for hydroxylation is 2. The highest BCUT2D eigenvalue weighted by Crippen LogP contribution is 2.36. The van der Waals surface area contributed by atoms with Crippen molar-refractivity contribution in [3.63, 3.8) is 0 Å².